The van der Waals surface area contributed by atoms with Gasteiger partial charge in [0.1, 0.15) is 5.75 Å². The average Bonchev–Trinajstić information content (AvgIpc) is 2.43. The maximum absolute atomic E-state index is 12.2. The predicted molar refractivity (Wildman–Crippen MR) is 89.3 cm³/mol. The van der Waals surface area contributed by atoms with Crippen LogP contribution < -0.4 is 10.2 Å². The number of anilines is 2. The molecule has 5 heteroatoms. The number of carbonyl (C=O) groups excluding carboxylic acids is 1. The minimum Gasteiger partial charge on any atom is -0.507 e. The van der Waals surface area contributed by atoms with Crippen molar-refractivity contribution in [2.24, 2.45) is 0 Å². The van der Waals surface area contributed by atoms with Crippen molar-refractivity contribution in [1.29, 1.82) is 0 Å². The van der Waals surface area contributed by atoms with Gasteiger partial charge in [-0.3, -0.25) is 4.79 Å². The van der Waals surface area contributed by atoms with Gasteiger partial charge in [-0.15, -0.1) is 0 Å². The molecule has 0 saturated heterocycles. The van der Waals surface area contributed by atoms with E-state index in [0.29, 0.717) is 10.0 Å². The highest BCUT2D eigenvalue weighted by Gasteiger charge is 2.10. The van der Waals surface area contributed by atoms with E-state index in [1.54, 1.807) is 12.1 Å². The summed E-state index contributed by atoms with van der Waals surface area (Å²) in [6.07, 6.45) is 0. The summed E-state index contributed by atoms with van der Waals surface area (Å²) < 4.78 is 0.560. The summed E-state index contributed by atoms with van der Waals surface area (Å²) in [6, 6.07) is 10.5. The first-order valence-electron chi connectivity index (χ1n) is 6.46. The molecule has 0 saturated carbocycles. The van der Waals surface area contributed by atoms with Crippen LogP contribution in [0.2, 0.25) is 0 Å². The van der Waals surface area contributed by atoms with Gasteiger partial charge in [-0.1, -0.05) is 6.07 Å². The molecule has 0 radical (unpaired) electrons. The molecule has 0 aliphatic rings. The van der Waals surface area contributed by atoms with E-state index in [9.17, 15) is 9.90 Å². The van der Waals surface area contributed by atoms with Gasteiger partial charge in [0, 0.05) is 31.0 Å². The van der Waals surface area contributed by atoms with Crippen molar-refractivity contribution in [2.75, 3.05) is 24.3 Å². The normalized spacial score (nSPS) is 10.3. The number of phenols is 1. The number of phenolic OH excluding ortho intramolecular Hbond substituents is 1. The zero-order valence-electron chi connectivity index (χ0n) is 12.1. The number of halogens is 1. The van der Waals surface area contributed by atoms with Crippen LogP contribution in [0.1, 0.15) is 15.9 Å². The lowest BCUT2D eigenvalue weighted by Crippen LogP contribution is -2.14. The smallest absolute Gasteiger partial charge is 0.255 e. The lowest BCUT2D eigenvalue weighted by molar-refractivity contribution is 0.102. The Kier molecular flexibility index (Phi) is 4.53. The third-order valence-corrected chi connectivity index (χ3v) is 3.83. The topological polar surface area (TPSA) is 52.6 Å². The summed E-state index contributed by atoms with van der Waals surface area (Å²) >= 11 is 3.19. The van der Waals surface area contributed by atoms with Crippen LogP contribution in [-0.4, -0.2) is 25.1 Å². The number of aryl methyl sites for hydroxylation is 1. The van der Waals surface area contributed by atoms with Crippen molar-refractivity contribution in [2.45, 2.75) is 6.92 Å². The van der Waals surface area contributed by atoms with Gasteiger partial charge in [0.25, 0.3) is 5.91 Å². The van der Waals surface area contributed by atoms with Crippen LogP contribution in [0.4, 0.5) is 11.4 Å². The van der Waals surface area contributed by atoms with Crippen LogP contribution in [0.3, 0.4) is 0 Å². The van der Waals surface area contributed by atoms with Gasteiger partial charge < -0.3 is 15.3 Å². The first-order chi connectivity index (χ1) is 9.88. The van der Waals surface area contributed by atoms with Crippen molar-refractivity contribution in [3.63, 3.8) is 0 Å². The molecule has 2 N–H and O–H groups in total. The fourth-order valence-electron chi connectivity index (χ4n) is 2.03. The molecule has 0 spiro atoms. The monoisotopic (exact) mass is 348 g/mol. The lowest BCUT2D eigenvalue weighted by atomic mass is 10.1. The average molecular weight is 349 g/mol. The number of carbonyl (C=O) groups is 1. The molecule has 0 fully saturated rings. The Bertz CT molecular complexity index is 684. The molecular formula is C16H17BrN2O2. The van der Waals surface area contributed by atoms with E-state index >= 15 is 0 Å². The Morgan fingerprint density at radius 2 is 1.90 bits per heavy atom. The molecule has 1 amide bonds. The molecule has 0 bridgehead atoms. The van der Waals surface area contributed by atoms with Crippen molar-refractivity contribution < 1.29 is 9.90 Å². The van der Waals surface area contributed by atoms with E-state index in [4.69, 9.17) is 0 Å². The quantitative estimate of drug-likeness (QED) is 0.887. The van der Waals surface area contributed by atoms with Gasteiger partial charge in [-0.25, -0.2) is 0 Å². The highest BCUT2D eigenvalue weighted by Crippen LogP contribution is 2.26. The van der Waals surface area contributed by atoms with Crippen LogP contribution in [-0.2, 0) is 0 Å². The molecule has 110 valence electrons. The van der Waals surface area contributed by atoms with Crippen LogP contribution in [0.5, 0.6) is 5.75 Å². The lowest BCUT2D eigenvalue weighted by Gasteiger charge is -2.17. The van der Waals surface area contributed by atoms with Gasteiger partial charge in [0.05, 0.1) is 4.47 Å². The molecule has 2 aromatic carbocycles. The molecule has 0 aliphatic heterocycles. The van der Waals surface area contributed by atoms with Crippen LogP contribution in [0.25, 0.3) is 0 Å². The Morgan fingerprint density at radius 1 is 1.19 bits per heavy atom. The fraction of sp³-hybridized carbons (Fsp3) is 0.188. The molecule has 0 aromatic heterocycles. The molecule has 0 aliphatic carbocycles. The summed E-state index contributed by atoms with van der Waals surface area (Å²) in [5.74, 6) is -0.216. The van der Waals surface area contributed by atoms with Crippen molar-refractivity contribution >= 4 is 33.2 Å². The van der Waals surface area contributed by atoms with E-state index in [-0.39, 0.29) is 11.7 Å². The van der Waals surface area contributed by atoms with E-state index < -0.39 is 0 Å². The van der Waals surface area contributed by atoms with E-state index in [1.807, 2.05) is 44.1 Å². The second kappa shape index (κ2) is 6.18. The second-order valence-electron chi connectivity index (χ2n) is 5.02. The largest absolute Gasteiger partial charge is 0.507 e. The zero-order chi connectivity index (χ0) is 15.6. The van der Waals surface area contributed by atoms with Gasteiger partial charge in [0.15, 0.2) is 0 Å². The van der Waals surface area contributed by atoms with Crippen molar-refractivity contribution in [3.8, 4) is 5.75 Å². The highest BCUT2D eigenvalue weighted by atomic mass is 79.9. The summed E-state index contributed by atoms with van der Waals surface area (Å²) in [6.45, 7) is 2.02. The molecule has 2 aromatic rings. The summed E-state index contributed by atoms with van der Waals surface area (Å²) in [5.41, 5.74) is 3.31. The number of hydrogen-bond donors (Lipinski definition) is 2. The number of rotatable bonds is 3. The van der Waals surface area contributed by atoms with Crippen LogP contribution in [0.15, 0.2) is 40.9 Å². The Labute approximate surface area is 132 Å². The molecule has 0 unspecified atom stereocenters. The molecule has 4 nitrogen and oxygen atoms in total. The Balaban J connectivity index is 2.23. The van der Waals surface area contributed by atoms with E-state index in [2.05, 4.69) is 21.2 Å². The van der Waals surface area contributed by atoms with Crippen molar-refractivity contribution in [1.82, 2.24) is 0 Å². The van der Waals surface area contributed by atoms with Gasteiger partial charge in [-0.05, 0) is 58.7 Å². The summed E-state index contributed by atoms with van der Waals surface area (Å²) in [7, 11) is 3.92. The number of aromatic hydroxyl groups is 1. The predicted octanol–water partition coefficient (Wildman–Crippen LogP) is 3.78. The number of nitrogens with one attached hydrogen (secondary N) is 1. The standard InChI is InChI=1S/C16H17BrN2O2/c1-10-4-6-12(9-14(10)19(2)3)18-16(21)11-5-7-13(17)15(20)8-11/h4-9,20H,1-3H3,(H,18,21). The summed E-state index contributed by atoms with van der Waals surface area (Å²) in [4.78, 5) is 14.2. The fourth-order valence-corrected chi connectivity index (χ4v) is 2.27. The van der Waals surface area contributed by atoms with Gasteiger partial charge in [-0.2, -0.15) is 0 Å². The number of hydrogen-bond acceptors (Lipinski definition) is 3. The third-order valence-electron chi connectivity index (χ3n) is 3.16. The third kappa shape index (κ3) is 3.55. The van der Waals surface area contributed by atoms with Gasteiger partial charge in [0.2, 0.25) is 0 Å². The Morgan fingerprint density at radius 3 is 2.52 bits per heavy atom. The molecule has 2 rings (SSSR count). The van der Waals surface area contributed by atoms with Gasteiger partial charge >= 0.3 is 0 Å². The first kappa shape index (κ1) is 15.4. The minimum atomic E-state index is -0.258. The Hall–Kier alpha value is -2.01. The molecule has 0 atom stereocenters. The zero-order valence-corrected chi connectivity index (χ0v) is 13.7. The highest BCUT2D eigenvalue weighted by molar-refractivity contribution is 9.10. The number of benzene rings is 2. The van der Waals surface area contributed by atoms with Crippen LogP contribution >= 0.6 is 15.9 Å². The first-order valence-corrected chi connectivity index (χ1v) is 7.25. The maximum atomic E-state index is 12.2. The minimum absolute atomic E-state index is 0.0422. The molecular weight excluding hydrogens is 332 g/mol. The maximum Gasteiger partial charge on any atom is 0.255 e. The summed E-state index contributed by atoms with van der Waals surface area (Å²) in [5, 5.41) is 12.5. The van der Waals surface area contributed by atoms with E-state index in [0.717, 1.165) is 16.9 Å². The SMILES string of the molecule is Cc1ccc(NC(=O)c2ccc(Br)c(O)c2)cc1N(C)C. The molecule has 0 heterocycles. The number of nitrogens with zero attached hydrogens (tertiary/aromatic N) is 1. The van der Waals surface area contributed by atoms with Crippen molar-refractivity contribution in [3.05, 3.63) is 52.0 Å². The van der Waals surface area contributed by atoms with E-state index in [1.165, 1.54) is 6.07 Å². The second-order valence-corrected chi connectivity index (χ2v) is 5.87. The van der Waals surface area contributed by atoms with Crippen LogP contribution in [0, 0.1) is 6.92 Å². The number of amides is 1. The molecule has 21 heavy (non-hydrogen) atoms.